The maximum Gasteiger partial charge on any atom is 0.285 e. The molecular formula is C11H12F2N2O4. The molecule has 0 radical (unpaired) electrons. The summed E-state index contributed by atoms with van der Waals surface area (Å²) in [6.45, 7) is 1.54. The second-order valence-corrected chi connectivity index (χ2v) is 3.81. The van der Waals surface area contributed by atoms with Crippen LogP contribution in [0.1, 0.15) is 23.7 Å². The Morgan fingerprint density at radius 1 is 1.47 bits per heavy atom. The van der Waals surface area contributed by atoms with E-state index in [9.17, 15) is 28.8 Å². The van der Waals surface area contributed by atoms with Crippen molar-refractivity contribution in [1.82, 2.24) is 5.32 Å². The number of nitrogens with one attached hydrogen (secondary N) is 1. The number of nitro benzene ring substituents is 1. The molecule has 104 valence electrons. The van der Waals surface area contributed by atoms with Gasteiger partial charge in [0.15, 0.2) is 11.6 Å². The number of aliphatic hydroxyl groups is 1. The van der Waals surface area contributed by atoms with Crippen molar-refractivity contribution in [3.8, 4) is 0 Å². The largest absolute Gasteiger partial charge is 0.391 e. The molecule has 1 amide bonds. The quantitative estimate of drug-likeness (QED) is 0.626. The van der Waals surface area contributed by atoms with Crippen molar-refractivity contribution in [3.05, 3.63) is 39.4 Å². The van der Waals surface area contributed by atoms with Crippen LogP contribution < -0.4 is 5.32 Å². The maximum atomic E-state index is 13.0. The number of halogens is 2. The van der Waals surface area contributed by atoms with Gasteiger partial charge >= 0.3 is 0 Å². The van der Waals surface area contributed by atoms with Crippen LogP contribution in [0.3, 0.4) is 0 Å². The van der Waals surface area contributed by atoms with E-state index in [1.54, 1.807) is 6.92 Å². The van der Waals surface area contributed by atoms with Crippen LogP contribution in [-0.4, -0.2) is 28.6 Å². The number of benzene rings is 1. The smallest absolute Gasteiger partial charge is 0.285 e. The minimum Gasteiger partial charge on any atom is -0.391 e. The lowest BCUT2D eigenvalue weighted by Gasteiger charge is -2.09. The Hall–Kier alpha value is -2.09. The average Bonchev–Trinajstić information content (AvgIpc) is 2.37. The van der Waals surface area contributed by atoms with Gasteiger partial charge in [0.05, 0.1) is 17.1 Å². The first-order valence-electron chi connectivity index (χ1n) is 5.46. The monoisotopic (exact) mass is 274 g/mol. The van der Waals surface area contributed by atoms with E-state index in [-0.39, 0.29) is 6.54 Å². The Bertz CT molecular complexity index is 508. The minimum atomic E-state index is -1.41. The highest BCUT2D eigenvalue weighted by atomic mass is 19.2. The van der Waals surface area contributed by atoms with Crippen LogP contribution in [0.2, 0.25) is 0 Å². The molecule has 0 aliphatic carbocycles. The molecule has 0 spiro atoms. The van der Waals surface area contributed by atoms with Gasteiger partial charge in [0.25, 0.3) is 11.6 Å². The molecule has 0 saturated heterocycles. The molecule has 1 unspecified atom stereocenters. The minimum absolute atomic E-state index is 0.133. The van der Waals surface area contributed by atoms with E-state index in [1.165, 1.54) is 0 Å². The molecule has 1 aromatic carbocycles. The van der Waals surface area contributed by atoms with E-state index in [0.29, 0.717) is 18.6 Å². The highest BCUT2D eigenvalue weighted by Gasteiger charge is 2.24. The molecular weight excluding hydrogens is 262 g/mol. The topological polar surface area (TPSA) is 92.5 Å². The fraction of sp³-hybridized carbons (Fsp3) is 0.364. The zero-order valence-electron chi connectivity index (χ0n) is 10.0. The molecule has 0 aliphatic heterocycles. The number of nitrogens with zero attached hydrogens (tertiary/aromatic N) is 1. The normalized spacial score (nSPS) is 12.0. The highest BCUT2D eigenvalue weighted by molar-refractivity contribution is 5.98. The summed E-state index contributed by atoms with van der Waals surface area (Å²) in [6.07, 6.45) is -0.437. The number of nitro groups is 1. The van der Waals surface area contributed by atoms with Gasteiger partial charge in [0, 0.05) is 6.54 Å². The van der Waals surface area contributed by atoms with Gasteiger partial charge in [-0.15, -0.1) is 0 Å². The van der Waals surface area contributed by atoms with Crippen molar-refractivity contribution in [2.75, 3.05) is 6.54 Å². The van der Waals surface area contributed by atoms with E-state index < -0.39 is 39.8 Å². The number of rotatable bonds is 5. The highest BCUT2D eigenvalue weighted by Crippen LogP contribution is 2.22. The molecule has 1 aromatic rings. The first kappa shape index (κ1) is 15.0. The average molecular weight is 274 g/mol. The summed E-state index contributed by atoms with van der Waals surface area (Å²) in [5, 5.41) is 22.1. The van der Waals surface area contributed by atoms with Crippen LogP contribution in [0.5, 0.6) is 0 Å². The summed E-state index contributed by atoms with van der Waals surface area (Å²) in [5.74, 6) is -3.71. The first-order chi connectivity index (χ1) is 8.86. The SMILES string of the molecule is CCC(O)CNC(=O)c1cc(F)c(F)cc1[N+](=O)[O-]. The fourth-order valence-electron chi connectivity index (χ4n) is 1.32. The van der Waals surface area contributed by atoms with Gasteiger partial charge in [-0.2, -0.15) is 0 Å². The van der Waals surface area contributed by atoms with Crippen LogP contribution >= 0.6 is 0 Å². The van der Waals surface area contributed by atoms with Crippen molar-refractivity contribution in [2.45, 2.75) is 19.4 Å². The van der Waals surface area contributed by atoms with Gasteiger partial charge in [-0.3, -0.25) is 14.9 Å². The van der Waals surface area contributed by atoms with Crippen molar-refractivity contribution < 1.29 is 23.6 Å². The third-order valence-corrected chi connectivity index (χ3v) is 2.45. The third kappa shape index (κ3) is 3.68. The molecule has 0 saturated carbocycles. The Morgan fingerprint density at radius 3 is 2.58 bits per heavy atom. The van der Waals surface area contributed by atoms with Gasteiger partial charge < -0.3 is 10.4 Å². The predicted molar refractivity (Wildman–Crippen MR) is 61.6 cm³/mol. The number of aliphatic hydroxyl groups excluding tert-OH is 1. The van der Waals surface area contributed by atoms with Gasteiger partial charge in [0.1, 0.15) is 5.56 Å². The number of carbonyl (C=O) groups excluding carboxylic acids is 1. The Kier molecular flexibility index (Phi) is 4.87. The van der Waals surface area contributed by atoms with E-state index in [1.807, 2.05) is 0 Å². The lowest BCUT2D eigenvalue weighted by atomic mass is 10.1. The first-order valence-corrected chi connectivity index (χ1v) is 5.46. The Balaban J connectivity index is 3.01. The molecule has 0 heterocycles. The molecule has 1 atom stereocenters. The van der Waals surface area contributed by atoms with E-state index in [0.717, 1.165) is 0 Å². The number of amides is 1. The summed E-state index contributed by atoms with van der Waals surface area (Å²) >= 11 is 0. The van der Waals surface area contributed by atoms with Gasteiger partial charge in [-0.1, -0.05) is 6.92 Å². The molecule has 2 N–H and O–H groups in total. The van der Waals surface area contributed by atoms with Crippen molar-refractivity contribution in [3.63, 3.8) is 0 Å². The van der Waals surface area contributed by atoms with Crippen LogP contribution in [0.15, 0.2) is 12.1 Å². The van der Waals surface area contributed by atoms with Gasteiger partial charge in [0.2, 0.25) is 0 Å². The molecule has 1 rings (SSSR count). The van der Waals surface area contributed by atoms with Gasteiger partial charge in [-0.05, 0) is 12.5 Å². The summed E-state index contributed by atoms with van der Waals surface area (Å²) in [7, 11) is 0. The van der Waals surface area contributed by atoms with E-state index >= 15 is 0 Å². The molecule has 0 bridgehead atoms. The standard InChI is InChI=1S/C11H12F2N2O4/c1-2-6(16)5-14-11(17)7-3-8(12)9(13)4-10(7)15(18)19/h3-4,6,16H,2,5H2,1H3,(H,14,17). The fourth-order valence-corrected chi connectivity index (χ4v) is 1.32. The second-order valence-electron chi connectivity index (χ2n) is 3.81. The third-order valence-electron chi connectivity index (χ3n) is 2.45. The van der Waals surface area contributed by atoms with Crippen molar-refractivity contribution >= 4 is 11.6 Å². The molecule has 0 aromatic heterocycles. The van der Waals surface area contributed by atoms with Gasteiger partial charge in [-0.25, -0.2) is 8.78 Å². The van der Waals surface area contributed by atoms with E-state index in [4.69, 9.17) is 0 Å². The Labute approximate surface area is 107 Å². The van der Waals surface area contributed by atoms with Crippen LogP contribution in [0.25, 0.3) is 0 Å². The number of hydrogen-bond acceptors (Lipinski definition) is 4. The summed E-state index contributed by atoms with van der Waals surface area (Å²) < 4.78 is 25.9. The molecule has 8 heteroatoms. The zero-order chi connectivity index (χ0) is 14.6. The zero-order valence-corrected chi connectivity index (χ0v) is 10.0. The maximum absolute atomic E-state index is 13.0. The van der Waals surface area contributed by atoms with Crippen LogP contribution in [0, 0.1) is 21.7 Å². The van der Waals surface area contributed by atoms with E-state index in [2.05, 4.69) is 5.32 Å². The number of hydrogen-bond donors (Lipinski definition) is 2. The lowest BCUT2D eigenvalue weighted by molar-refractivity contribution is -0.385. The summed E-state index contributed by atoms with van der Waals surface area (Å²) in [4.78, 5) is 21.3. The summed E-state index contributed by atoms with van der Waals surface area (Å²) in [6, 6.07) is 0.807. The van der Waals surface area contributed by atoms with Crippen LogP contribution in [-0.2, 0) is 0 Å². The van der Waals surface area contributed by atoms with Crippen LogP contribution in [0.4, 0.5) is 14.5 Å². The van der Waals surface area contributed by atoms with Crippen molar-refractivity contribution in [1.29, 1.82) is 0 Å². The molecule has 0 aliphatic rings. The number of carbonyl (C=O) groups is 1. The molecule has 19 heavy (non-hydrogen) atoms. The predicted octanol–water partition coefficient (Wildman–Crippen LogP) is 1.37. The molecule has 6 nitrogen and oxygen atoms in total. The summed E-state index contributed by atoms with van der Waals surface area (Å²) in [5.41, 5.74) is -1.42. The Morgan fingerprint density at radius 2 is 2.05 bits per heavy atom. The van der Waals surface area contributed by atoms with Crippen molar-refractivity contribution in [2.24, 2.45) is 0 Å². The second kappa shape index (κ2) is 6.19. The lowest BCUT2D eigenvalue weighted by Crippen LogP contribution is -2.32. The molecule has 0 fully saturated rings.